The van der Waals surface area contributed by atoms with Crippen LogP contribution in [-0.4, -0.2) is 0 Å². The predicted octanol–water partition coefficient (Wildman–Crippen LogP) is 12.4. The molecule has 2 nitrogen and oxygen atoms in total. The zero-order valence-electron chi connectivity index (χ0n) is 25.6. The van der Waals surface area contributed by atoms with Gasteiger partial charge in [0.15, 0.2) is 0 Å². The molecule has 0 radical (unpaired) electrons. The molecule has 0 N–H and O–H groups in total. The number of fused-ring (bicyclic) bond motifs is 2. The van der Waals surface area contributed by atoms with E-state index in [9.17, 15) is 0 Å². The summed E-state index contributed by atoms with van der Waals surface area (Å²) in [4.78, 5) is 4.79. The summed E-state index contributed by atoms with van der Waals surface area (Å²) in [6.07, 6.45) is 6.56. The van der Waals surface area contributed by atoms with E-state index < -0.39 is 0 Å². The van der Waals surface area contributed by atoms with Gasteiger partial charge >= 0.3 is 0 Å². The molecule has 46 heavy (non-hydrogen) atoms. The molecule has 0 saturated carbocycles. The van der Waals surface area contributed by atoms with Crippen molar-refractivity contribution in [1.82, 2.24) is 0 Å². The molecule has 0 atom stereocenters. The van der Waals surface area contributed by atoms with Gasteiger partial charge in [-0.25, -0.2) is 0 Å². The molecular formula is C44H34N2. The van der Waals surface area contributed by atoms with E-state index in [1.54, 1.807) is 0 Å². The standard InChI is InChI=1S/C44H34N2/c1-3-17-37(18-4-1)45(43-23-11-15-35-13-7-9-21-41(35)43)39-29-25-33(26-30-39)34-27-31-40(32-28-34)46(38-19-5-2-6-20-38)44-24-12-16-36-14-8-10-22-42(36)44/h1-27,29-31H,28,32H2. The highest BCUT2D eigenvalue weighted by molar-refractivity contribution is 5.99. The molecule has 1 aliphatic carbocycles. The van der Waals surface area contributed by atoms with E-state index in [2.05, 4.69) is 192 Å². The number of anilines is 5. The van der Waals surface area contributed by atoms with Crippen molar-refractivity contribution < 1.29 is 0 Å². The van der Waals surface area contributed by atoms with Crippen LogP contribution in [0.25, 0.3) is 27.1 Å². The highest BCUT2D eigenvalue weighted by atomic mass is 15.2. The quantitative estimate of drug-likeness (QED) is 0.182. The largest absolute Gasteiger partial charge is 0.314 e. The molecule has 0 fully saturated rings. The minimum absolute atomic E-state index is 0.956. The fourth-order valence-corrected chi connectivity index (χ4v) is 6.73. The van der Waals surface area contributed by atoms with Crippen LogP contribution in [0.1, 0.15) is 18.4 Å². The molecule has 7 aromatic rings. The van der Waals surface area contributed by atoms with E-state index in [0.717, 1.165) is 24.2 Å². The van der Waals surface area contributed by atoms with Crippen molar-refractivity contribution in [2.45, 2.75) is 12.8 Å². The summed E-state index contributed by atoms with van der Waals surface area (Å²) in [6, 6.07) is 60.9. The van der Waals surface area contributed by atoms with Crippen molar-refractivity contribution >= 4 is 55.6 Å². The van der Waals surface area contributed by atoms with Crippen LogP contribution in [0.3, 0.4) is 0 Å². The van der Waals surface area contributed by atoms with E-state index in [-0.39, 0.29) is 0 Å². The van der Waals surface area contributed by atoms with E-state index in [1.807, 2.05) is 0 Å². The van der Waals surface area contributed by atoms with Gasteiger partial charge in [-0.1, -0.05) is 127 Å². The van der Waals surface area contributed by atoms with Gasteiger partial charge in [0.05, 0.1) is 11.4 Å². The number of allylic oxidation sites excluding steroid dienone is 4. The van der Waals surface area contributed by atoms with E-state index in [0.29, 0.717) is 0 Å². The Hall–Kier alpha value is -5.86. The smallest absolute Gasteiger partial charge is 0.0540 e. The summed E-state index contributed by atoms with van der Waals surface area (Å²) in [6.45, 7) is 0. The zero-order chi connectivity index (χ0) is 30.7. The molecule has 7 aromatic carbocycles. The fraction of sp³-hybridized carbons (Fsp3) is 0.0455. The van der Waals surface area contributed by atoms with Crippen LogP contribution >= 0.6 is 0 Å². The van der Waals surface area contributed by atoms with Crippen molar-refractivity contribution in [2.24, 2.45) is 0 Å². The maximum atomic E-state index is 2.43. The highest BCUT2D eigenvalue weighted by Gasteiger charge is 2.20. The van der Waals surface area contributed by atoms with Gasteiger partial charge in [-0.3, -0.25) is 0 Å². The maximum absolute atomic E-state index is 2.43. The molecule has 1 aliphatic rings. The number of benzene rings is 7. The fourth-order valence-electron chi connectivity index (χ4n) is 6.73. The third-order valence-electron chi connectivity index (χ3n) is 8.95. The Morgan fingerprint density at radius 1 is 0.348 bits per heavy atom. The summed E-state index contributed by atoms with van der Waals surface area (Å²) in [7, 11) is 0. The minimum Gasteiger partial charge on any atom is -0.314 e. The van der Waals surface area contributed by atoms with Gasteiger partial charge < -0.3 is 9.80 Å². The molecule has 0 heterocycles. The molecule has 0 spiro atoms. The van der Waals surface area contributed by atoms with Crippen LogP contribution in [0.5, 0.6) is 0 Å². The van der Waals surface area contributed by atoms with Crippen LogP contribution in [0.2, 0.25) is 0 Å². The summed E-state index contributed by atoms with van der Waals surface area (Å²) in [5.41, 5.74) is 9.78. The zero-order valence-corrected chi connectivity index (χ0v) is 25.6. The second kappa shape index (κ2) is 12.3. The molecular weight excluding hydrogens is 556 g/mol. The van der Waals surface area contributed by atoms with Gasteiger partial charge in [0.1, 0.15) is 0 Å². The predicted molar refractivity (Wildman–Crippen MR) is 196 cm³/mol. The highest BCUT2D eigenvalue weighted by Crippen LogP contribution is 2.41. The average molecular weight is 591 g/mol. The summed E-state index contributed by atoms with van der Waals surface area (Å²) in [5.74, 6) is 0. The third-order valence-corrected chi connectivity index (χ3v) is 8.95. The Morgan fingerprint density at radius 3 is 1.39 bits per heavy atom. The van der Waals surface area contributed by atoms with Crippen LogP contribution < -0.4 is 9.80 Å². The topological polar surface area (TPSA) is 6.48 Å². The number of rotatable bonds is 7. The lowest BCUT2D eigenvalue weighted by molar-refractivity contribution is 0.932. The first-order chi connectivity index (χ1) is 22.8. The molecule has 2 heteroatoms. The van der Waals surface area contributed by atoms with Gasteiger partial charge in [0.25, 0.3) is 0 Å². The Bertz CT molecular complexity index is 2190. The molecule has 0 amide bonds. The summed E-state index contributed by atoms with van der Waals surface area (Å²) < 4.78 is 0. The Kier molecular flexibility index (Phi) is 7.38. The van der Waals surface area contributed by atoms with Gasteiger partial charge in [0, 0.05) is 33.5 Å². The lowest BCUT2D eigenvalue weighted by atomic mass is 9.94. The van der Waals surface area contributed by atoms with Crippen LogP contribution in [0.4, 0.5) is 28.4 Å². The van der Waals surface area contributed by atoms with Crippen molar-refractivity contribution in [3.05, 3.63) is 193 Å². The van der Waals surface area contributed by atoms with Gasteiger partial charge in [0.2, 0.25) is 0 Å². The first-order valence-corrected chi connectivity index (χ1v) is 16.0. The van der Waals surface area contributed by atoms with Gasteiger partial charge in [-0.2, -0.15) is 0 Å². The first-order valence-electron chi connectivity index (χ1n) is 16.0. The second-order valence-corrected chi connectivity index (χ2v) is 11.7. The molecule has 220 valence electrons. The lowest BCUT2D eigenvalue weighted by Gasteiger charge is -2.31. The molecule has 0 saturated heterocycles. The number of hydrogen-bond donors (Lipinski definition) is 0. The lowest BCUT2D eigenvalue weighted by Crippen LogP contribution is -2.18. The monoisotopic (exact) mass is 590 g/mol. The Labute approximate surface area is 270 Å². The number of para-hydroxylation sites is 2. The SMILES string of the molecule is C1=C(c2ccc(N(c3ccccc3)c3cccc4ccccc34)cc2)CCC(N(c2ccccc2)c2cccc3ccccc23)=C1. The van der Waals surface area contributed by atoms with Crippen LogP contribution in [0.15, 0.2) is 188 Å². The van der Waals surface area contributed by atoms with Crippen LogP contribution in [-0.2, 0) is 0 Å². The maximum Gasteiger partial charge on any atom is 0.0540 e. The second-order valence-electron chi connectivity index (χ2n) is 11.7. The number of hydrogen-bond acceptors (Lipinski definition) is 2. The van der Waals surface area contributed by atoms with Gasteiger partial charge in [-0.15, -0.1) is 0 Å². The minimum atomic E-state index is 0.956. The Balaban J connectivity index is 1.15. The number of nitrogens with zero attached hydrogens (tertiary/aromatic N) is 2. The van der Waals surface area contributed by atoms with E-state index >= 15 is 0 Å². The van der Waals surface area contributed by atoms with Crippen molar-refractivity contribution in [2.75, 3.05) is 9.80 Å². The van der Waals surface area contributed by atoms with E-state index in [1.165, 1.54) is 55.4 Å². The molecule has 0 bridgehead atoms. The first kappa shape index (κ1) is 27.7. The van der Waals surface area contributed by atoms with E-state index in [4.69, 9.17) is 0 Å². The molecule has 8 rings (SSSR count). The third kappa shape index (κ3) is 5.25. The van der Waals surface area contributed by atoms with Crippen molar-refractivity contribution in [3.8, 4) is 0 Å². The molecule has 0 unspecified atom stereocenters. The molecule has 0 aromatic heterocycles. The summed E-state index contributed by atoms with van der Waals surface area (Å²) in [5, 5.41) is 4.98. The Morgan fingerprint density at radius 2 is 0.826 bits per heavy atom. The van der Waals surface area contributed by atoms with Crippen molar-refractivity contribution in [1.29, 1.82) is 0 Å². The normalized spacial score (nSPS) is 12.9. The van der Waals surface area contributed by atoms with Crippen LogP contribution in [0, 0.1) is 0 Å². The average Bonchev–Trinajstić information content (AvgIpc) is 3.14. The summed E-state index contributed by atoms with van der Waals surface area (Å²) >= 11 is 0. The van der Waals surface area contributed by atoms with Crippen molar-refractivity contribution in [3.63, 3.8) is 0 Å². The molecule has 0 aliphatic heterocycles. The van der Waals surface area contributed by atoms with Gasteiger partial charge in [-0.05, 0) is 89.4 Å².